The highest BCUT2D eigenvalue weighted by Gasteiger charge is 2.33. The molecule has 6 N–H and O–H groups in total. The molecule has 3 heterocycles. The van der Waals surface area contributed by atoms with Gasteiger partial charge in [0.1, 0.15) is 24.2 Å². The van der Waals surface area contributed by atoms with E-state index >= 15 is 0 Å². The Balaban J connectivity index is 1.33. The molecule has 0 spiro atoms. The molecule has 4 aromatic carbocycles. The van der Waals surface area contributed by atoms with E-state index in [0.29, 0.717) is 17.7 Å². The van der Waals surface area contributed by atoms with Crippen molar-refractivity contribution in [2.24, 2.45) is 0 Å². The van der Waals surface area contributed by atoms with Crippen molar-refractivity contribution in [2.45, 2.75) is 74.4 Å². The van der Waals surface area contributed by atoms with Crippen molar-refractivity contribution in [3.05, 3.63) is 137 Å². The predicted octanol–water partition coefficient (Wildman–Crippen LogP) is 4.55. The number of carboxylic acids is 1. The Hall–Kier alpha value is -6.21. The number of hydrogen-bond donors (Lipinski definition) is 6. The van der Waals surface area contributed by atoms with Gasteiger partial charge in [-0.25, -0.2) is 4.79 Å². The van der Waals surface area contributed by atoms with Gasteiger partial charge in [0.25, 0.3) is 0 Å². The number of carbonyl (C=O) groups is 6. The summed E-state index contributed by atoms with van der Waals surface area (Å²) in [5.41, 5.74) is 4.44. The molecule has 0 radical (unpaired) electrons. The summed E-state index contributed by atoms with van der Waals surface area (Å²) in [6.45, 7) is 0. The lowest BCUT2D eigenvalue weighted by molar-refractivity contribution is -0.142. The highest BCUT2D eigenvalue weighted by molar-refractivity contribution is 8.03. The summed E-state index contributed by atoms with van der Waals surface area (Å²) < 4.78 is 0. The lowest BCUT2D eigenvalue weighted by Gasteiger charge is -2.27. The third-order valence-electron chi connectivity index (χ3n) is 9.84. The van der Waals surface area contributed by atoms with Crippen LogP contribution >= 0.6 is 11.8 Å². The summed E-state index contributed by atoms with van der Waals surface area (Å²) in [6.07, 6.45) is 2.62. The van der Waals surface area contributed by atoms with E-state index < -0.39 is 59.7 Å². The molecular formula is C44H45N5O7S. The fourth-order valence-electron chi connectivity index (χ4n) is 6.74. The SMILES string of the molecule is O=C1CCC(=O)N[C@H](CC2CC=CS2)C(=O)N[C@H](Cc2ccc(-c3ccccc3)cc2)C(=O)N[C@@H](Cc2ccccc2)C(=O)N[C@H](C(=O)O)Cc2ccc(cc2)N1. The molecule has 294 valence electrons. The number of benzene rings is 4. The second kappa shape index (κ2) is 19.6. The van der Waals surface area contributed by atoms with Gasteiger partial charge in [-0.15, -0.1) is 11.8 Å². The molecule has 5 amide bonds. The van der Waals surface area contributed by atoms with Crippen molar-refractivity contribution in [1.82, 2.24) is 21.3 Å². The van der Waals surface area contributed by atoms with Crippen LogP contribution in [0, 0.1) is 0 Å². The maximum atomic E-state index is 14.4. The van der Waals surface area contributed by atoms with Gasteiger partial charge >= 0.3 is 5.97 Å². The molecular weight excluding hydrogens is 743 g/mol. The van der Waals surface area contributed by atoms with Gasteiger partial charge < -0.3 is 31.7 Å². The highest BCUT2D eigenvalue weighted by atomic mass is 32.2. The van der Waals surface area contributed by atoms with E-state index in [-0.39, 0.29) is 43.8 Å². The number of hydrogen-bond acceptors (Lipinski definition) is 7. The fraction of sp³-hybridized carbons (Fsp3) is 0.273. The number of carbonyl (C=O) groups excluding carboxylic acids is 5. The molecule has 0 saturated heterocycles. The van der Waals surface area contributed by atoms with E-state index in [1.165, 1.54) is 0 Å². The molecule has 12 nitrogen and oxygen atoms in total. The molecule has 7 rings (SSSR count). The van der Waals surface area contributed by atoms with Crippen molar-refractivity contribution in [3.8, 4) is 11.1 Å². The van der Waals surface area contributed by atoms with Crippen molar-refractivity contribution < 1.29 is 33.9 Å². The number of allylic oxidation sites excluding steroid dienone is 1. The van der Waals surface area contributed by atoms with E-state index in [2.05, 4.69) is 26.6 Å². The minimum atomic E-state index is -1.35. The number of rotatable bonds is 8. The standard InChI is InChI=1S/C44H45N5O7S/c50-39-21-22-40(51)46-37(27-34-12-7-23-57-34)43(54)48-36(25-29-13-17-32(18-14-29)31-10-5-2-6-11-31)41(52)47-35(24-28-8-3-1-4-9-28)42(53)49-38(44(55)56)26-30-15-19-33(45-39)20-16-30/h1-11,13-20,23,34-38H,12,21-22,24-27H2,(H,45,50)(H,46,51)(H,47,52)(H,48,54)(H,49,53)(H,55,56)/t34?,35-,36+,37+,38-/m0/s1. The Labute approximate surface area is 335 Å². The van der Waals surface area contributed by atoms with Crippen LogP contribution in [0.25, 0.3) is 11.1 Å². The van der Waals surface area contributed by atoms with Crippen molar-refractivity contribution in [1.29, 1.82) is 0 Å². The van der Waals surface area contributed by atoms with Crippen LogP contribution in [0.1, 0.15) is 42.4 Å². The summed E-state index contributed by atoms with van der Waals surface area (Å²) in [4.78, 5) is 81.1. The molecule has 0 aromatic heterocycles. The van der Waals surface area contributed by atoms with Crippen LogP contribution in [-0.4, -0.2) is 70.0 Å². The monoisotopic (exact) mass is 787 g/mol. The Bertz CT molecular complexity index is 2070. The minimum absolute atomic E-state index is 0.000681. The van der Waals surface area contributed by atoms with Gasteiger partial charge in [-0.3, -0.25) is 24.0 Å². The molecule has 2 bridgehead atoms. The number of aliphatic carboxylic acids is 1. The Morgan fingerprint density at radius 1 is 0.614 bits per heavy atom. The zero-order valence-electron chi connectivity index (χ0n) is 31.2. The maximum absolute atomic E-state index is 14.4. The van der Waals surface area contributed by atoms with Crippen LogP contribution < -0.4 is 26.6 Å². The lowest BCUT2D eigenvalue weighted by Crippen LogP contribution is -2.59. The molecule has 0 saturated carbocycles. The van der Waals surface area contributed by atoms with E-state index in [4.69, 9.17) is 0 Å². The van der Waals surface area contributed by atoms with Crippen molar-refractivity contribution in [2.75, 3.05) is 5.32 Å². The molecule has 0 aliphatic carbocycles. The zero-order chi connectivity index (χ0) is 40.1. The molecule has 0 fully saturated rings. The Kier molecular flexibility index (Phi) is 13.9. The van der Waals surface area contributed by atoms with Crippen molar-refractivity contribution in [3.63, 3.8) is 0 Å². The van der Waals surface area contributed by atoms with E-state index in [1.807, 2.05) is 72.1 Å². The van der Waals surface area contributed by atoms with Crippen LogP contribution in [0.2, 0.25) is 0 Å². The van der Waals surface area contributed by atoms with Crippen LogP contribution in [0.5, 0.6) is 0 Å². The number of carboxylic acid groups (broad SMARTS) is 1. The summed E-state index contributed by atoms with van der Waals surface area (Å²) >= 11 is 1.54. The van der Waals surface area contributed by atoms with Crippen LogP contribution in [-0.2, 0) is 48.0 Å². The van der Waals surface area contributed by atoms with E-state index in [9.17, 15) is 33.9 Å². The molecule has 13 heteroatoms. The first-order valence-corrected chi connectivity index (χ1v) is 19.8. The van der Waals surface area contributed by atoms with E-state index in [1.54, 1.807) is 60.3 Å². The average molecular weight is 788 g/mol. The molecule has 3 aliphatic heterocycles. The summed E-state index contributed by atoms with van der Waals surface area (Å²) in [6, 6.07) is 28.1. The highest BCUT2D eigenvalue weighted by Crippen LogP contribution is 2.28. The largest absolute Gasteiger partial charge is 0.480 e. The number of nitrogens with one attached hydrogen (secondary N) is 5. The van der Waals surface area contributed by atoms with Gasteiger partial charge in [-0.2, -0.15) is 0 Å². The van der Waals surface area contributed by atoms with Crippen LogP contribution in [0.3, 0.4) is 0 Å². The maximum Gasteiger partial charge on any atom is 0.326 e. The van der Waals surface area contributed by atoms with Gasteiger partial charge in [-0.05, 0) is 58.2 Å². The molecule has 3 aliphatic rings. The average Bonchev–Trinajstić information content (AvgIpc) is 3.73. The van der Waals surface area contributed by atoms with E-state index in [0.717, 1.165) is 22.3 Å². The first-order chi connectivity index (χ1) is 27.6. The van der Waals surface area contributed by atoms with Gasteiger partial charge in [0.15, 0.2) is 0 Å². The zero-order valence-corrected chi connectivity index (χ0v) is 32.0. The van der Waals surface area contributed by atoms with Gasteiger partial charge in [0.05, 0.1) is 0 Å². The molecule has 4 aromatic rings. The summed E-state index contributed by atoms with van der Waals surface area (Å²) in [5, 5.41) is 25.9. The lowest BCUT2D eigenvalue weighted by atomic mass is 9.99. The number of thioether (sulfide) groups is 1. The second-order valence-electron chi connectivity index (χ2n) is 14.1. The Morgan fingerprint density at radius 2 is 1.18 bits per heavy atom. The number of fused-ring (bicyclic) bond motifs is 18. The summed E-state index contributed by atoms with van der Waals surface area (Å²) in [5.74, 6) is -4.18. The topological polar surface area (TPSA) is 183 Å². The third-order valence-corrected chi connectivity index (χ3v) is 11.0. The van der Waals surface area contributed by atoms with Crippen LogP contribution in [0.15, 0.2) is 121 Å². The number of amides is 5. The Morgan fingerprint density at radius 3 is 1.79 bits per heavy atom. The molecule has 1 unspecified atom stereocenters. The van der Waals surface area contributed by atoms with Gasteiger partial charge in [-0.1, -0.05) is 103 Å². The second-order valence-corrected chi connectivity index (χ2v) is 15.4. The fourth-order valence-corrected chi connectivity index (χ4v) is 7.71. The molecule has 5 atom stereocenters. The third kappa shape index (κ3) is 11.9. The van der Waals surface area contributed by atoms with Gasteiger partial charge in [0, 0.05) is 43.0 Å². The van der Waals surface area contributed by atoms with Gasteiger partial charge in [0.2, 0.25) is 29.5 Å². The van der Waals surface area contributed by atoms with Crippen molar-refractivity contribution >= 4 is 53.0 Å². The smallest absolute Gasteiger partial charge is 0.326 e. The quantitative estimate of drug-likeness (QED) is 0.141. The predicted molar refractivity (Wildman–Crippen MR) is 219 cm³/mol. The molecule has 57 heavy (non-hydrogen) atoms. The van der Waals surface area contributed by atoms with Crippen LogP contribution in [0.4, 0.5) is 5.69 Å². The minimum Gasteiger partial charge on any atom is -0.480 e. The first-order valence-electron chi connectivity index (χ1n) is 18.9. The first kappa shape index (κ1) is 40.5. The summed E-state index contributed by atoms with van der Waals surface area (Å²) in [7, 11) is 0. The normalized spacial score (nSPS) is 22.3. The number of anilines is 1.